The van der Waals surface area contributed by atoms with Crippen molar-refractivity contribution in [2.45, 2.75) is 19.4 Å². The first-order chi connectivity index (χ1) is 10.0. The van der Waals surface area contributed by atoms with Crippen LogP contribution < -0.4 is 4.74 Å². The van der Waals surface area contributed by atoms with Gasteiger partial charge >= 0.3 is 0 Å². The zero-order chi connectivity index (χ0) is 15.4. The third-order valence-corrected chi connectivity index (χ3v) is 4.03. The highest BCUT2D eigenvalue weighted by Gasteiger charge is 2.17. The minimum absolute atomic E-state index is 0.0626. The summed E-state index contributed by atoms with van der Waals surface area (Å²) in [4.78, 5) is 0. The summed E-state index contributed by atoms with van der Waals surface area (Å²) in [6.07, 6.45) is -0.0832. The van der Waals surface area contributed by atoms with Crippen molar-refractivity contribution < 1.29 is 14.2 Å². The summed E-state index contributed by atoms with van der Waals surface area (Å²) in [6, 6.07) is 9.64. The average Bonchev–Trinajstić information content (AvgIpc) is 2.48. The van der Waals surface area contributed by atoms with E-state index in [4.69, 9.17) is 16.3 Å². The lowest BCUT2D eigenvalue weighted by Gasteiger charge is -2.15. The van der Waals surface area contributed by atoms with Gasteiger partial charge in [-0.25, -0.2) is 4.39 Å². The summed E-state index contributed by atoms with van der Waals surface area (Å²) in [5, 5.41) is 10.3. The van der Waals surface area contributed by atoms with Crippen LogP contribution in [0.25, 0.3) is 0 Å². The van der Waals surface area contributed by atoms with E-state index in [1.807, 2.05) is 6.92 Å². The Kier molecular flexibility index (Phi) is 5.62. The first-order valence-corrected chi connectivity index (χ1v) is 7.76. The lowest BCUT2D eigenvalue weighted by atomic mass is 10.0. The van der Waals surface area contributed by atoms with E-state index in [0.29, 0.717) is 23.5 Å². The van der Waals surface area contributed by atoms with E-state index in [1.54, 1.807) is 24.3 Å². The zero-order valence-electron chi connectivity index (χ0n) is 11.4. The number of ether oxygens (including phenoxy) is 1. The minimum Gasteiger partial charge on any atom is -0.492 e. The number of aliphatic hydroxyl groups is 1. The molecule has 0 saturated carbocycles. The molecule has 21 heavy (non-hydrogen) atoms. The molecular weight excluding hydrogens is 359 g/mol. The molecule has 0 aromatic heterocycles. The molecule has 2 rings (SSSR count). The molecule has 0 saturated heterocycles. The number of benzene rings is 2. The first kappa shape index (κ1) is 16.3. The van der Waals surface area contributed by atoms with Crippen LogP contribution >= 0.6 is 27.5 Å². The molecule has 5 heteroatoms. The van der Waals surface area contributed by atoms with E-state index < -0.39 is 11.9 Å². The molecule has 0 amide bonds. The Balaban J connectivity index is 2.29. The standard InChI is InChI=1S/C16H15BrClFO2/c1-2-8-21-14-7-6-10(9-12(14)17)16(20)11-4-3-5-13(19)15(11)18/h3-7,9,16,20H,2,8H2,1H3. The Morgan fingerprint density at radius 2 is 2.10 bits per heavy atom. The number of hydrogen-bond acceptors (Lipinski definition) is 2. The van der Waals surface area contributed by atoms with Crippen LogP contribution in [0, 0.1) is 5.82 Å². The second-order valence-electron chi connectivity index (χ2n) is 4.58. The van der Waals surface area contributed by atoms with Gasteiger partial charge in [-0.15, -0.1) is 0 Å². The van der Waals surface area contributed by atoms with E-state index in [-0.39, 0.29) is 5.02 Å². The van der Waals surface area contributed by atoms with Gasteiger partial charge in [0.1, 0.15) is 17.7 Å². The Labute approximate surface area is 136 Å². The van der Waals surface area contributed by atoms with Crippen LogP contribution in [0.3, 0.4) is 0 Å². The fourth-order valence-corrected chi connectivity index (χ4v) is 2.67. The molecule has 2 aromatic rings. The van der Waals surface area contributed by atoms with Crippen LogP contribution in [0.1, 0.15) is 30.6 Å². The van der Waals surface area contributed by atoms with Crippen molar-refractivity contribution in [3.8, 4) is 5.75 Å². The summed E-state index contributed by atoms with van der Waals surface area (Å²) >= 11 is 9.31. The van der Waals surface area contributed by atoms with Gasteiger partial charge in [-0.1, -0.05) is 36.7 Å². The van der Waals surface area contributed by atoms with Gasteiger partial charge < -0.3 is 9.84 Å². The normalized spacial score (nSPS) is 12.2. The molecule has 0 aliphatic carbocycles. The maximum atomic E-state index is 13.5. The largest absolute Gasteiger partial charge is 0.492 e. The maximum Gasteiger partial charge on any atom is 0.142 e. The highest BCUT2D eigenvalue weighted by molar-refractivity contribution is 9.10. The van der Waals surface area contributed by atoms with Gasteiger partial charge in [0.25, 0.3) is 0 Å². The van der Waals surface area contributed by atoms with Gasteiger partial charge in [-0.05, 0) is 46.1 Å². The van der Waals surface area contributed by atoms with Crippen molar-refractivity contribution in [3.63, 3.8) is 0 Å². The molecule has 1 unspecified atom stereocenters. The van der Waals surface area contributed by atoms with E-state index in [1.165, 1.54) is 12.1 Å². The van der Waals surface area contributed by atoms with Gasteiger partial charge in [0, 0.05) is 5.56 Å². The highest BCUT2D eigenvalue weighted by Crippen LogP contribution is 2.34. The van der Waals surface area contributed by atoms with Crippen LogP contribution in [0.15, 0.2) is 40.9 Å². The van der Waals surface area contributed by atoms with E-state index in [2.05, 4.69) is 15.9 Å². The minimum atomic E-state index is -0.996. The lowest BCUT2D eigenvalue weighted by Crippen LogP contribution is -2.03. The quantitative estimate of drug-likeness (QED) is 0.789. The van der Waals surface area contributed by atoms with Crippen molar-refractivity contribution in [2.75, 3.05) is 6.61 Å². The molecule has 0 heterocycles. The lowest BCUT2D eigenvalue weighted by molar-refractivity contribution is 0.219. The van der Waals surface area contributed by atoms with Crippen LogP contribution in [0.4, 0.5) is 4.39 Å². The van der Waals surface area contributed by atoms with Gasteiger partial charge in [0.15, 0.2) is 0 Å². The molecule has 1 N–H and O–H groups in total. The fourth-order valence-electron chi connectivity index (χ4n) is 1.93. The second-order valence-corrected chi connectivity index (χ2v) is 5.82. The second kappa shape index (κ2) is 7.25. The highest BCUT2D eigenvalue weighted by atomic mass is 79.9. The Morgan fingerprint density at radius 3 is 2.76 bits per heavy atom. The molecule has 0 aliphatic heterocycles. The van der Waals surface area contributed by atoms with Crippen molar-refractivity contribution in [2.24, 2.45) is 0 Å². The summed E-state index contributed by atoms with van der Waals surface area (Å²) in [7, 11) is 0. The number of aliphatic hydroxyl groups excluding tert-OH is 1. The molecule has 1 atom stereocenters. The average molecular weight is 374 g/mol. The van der Waals surface area contributed by atoms with Crippen molar-refractivity contribution in [1.82, 2.24) is 0 Å². The molecule has 0 bridgehead atoms. The topological polar surface area (TPSA) is 29.5 Å². The molecule has 0 spiro atoms. The molecule has 2 nitrogen and oxygen atoms in total. The Morgan fingerprint density at radius 1 is 1.33 bits per heavy atom. The smallest absolute Gasteiger partial charge is 0.142 e. The summed E-state index contributed by atoms with van der Waals surface area (Å²) in [5.74, 6) is 0.160. The third-order valence-electron chi connectivity index (χ3n) is 3.01. The van der Waals surface area contributed by atoms with E-state index in [0.717, 1.165) is 10.9 Å². The number of hydrogen-bond donors (Lipinski definition) is 1. The molecule has 0 aliphatic rings. The summed E-state index contributed by atoms with van der Waals surface area (Å²) in [5.41, 5.74) is 0.948. The van der Waals surface area contributed by atoms with Crippen LogP contribution in [0.2, 0.25) is 5.02 Å². The van der Waals surface area contributed by atoms with Crippen molar-refractivity contribution in [1.29, 1.82) is 0 Å². The first-order valence-electron chi connectivity index (χ1n) is 6.58. The summed E-state index contributed by atoms with van der Waals surface area (Å²) in [6.45, 7) is 2.65. The number of rotatable bonds is 5. The van der Waals surface area contributed by atoms with Gasteiger partial charge in [-0.3, -0.25) is 0 Å². The fraction of sp³-hybridized carbons (Fsp3) is 0.250. The predicted octanol–water partition coefficient (Wildman–Crippen LogP) is 5.11. The van der Waals surface area contributed by atoms with Gasteiger partial charge in [-0.2, -0.15) is 0 Å². The van der Waals surface area contributed by atoms with Crippen LogP contribution in [-0.2, 0) is 0 Å². The monoisotopic (exact) mass is 372 g/mol. The van der Waals surface area contributed by atoms with Crippen LogP contribution in [0.5, 0.6) is 5.75 Å². The Bertz CT molecular complexity index is 634. The van der Waals surface area contributed by atoms with E-state index >= 15 is 0 Å². The third kappa shape index (κ3) is 3.76. The SMILES string of the molecule is CCCOc1ccc(C(O)c2cccc(F)c2Cl)cc1Br. The number of halogens is 3. The summed E-state index contributed by atoms with van der Waals surface area (Å²) < 4.78 is 19.8. The maximum absolute atomic E-state index is 13.5. The van der Waals surface area contributed by atoms with Crippen LogP contribution in [-0.4, -0.2) is 11.7 Å². The predicted molar refractivity (Wildman–Crippen MR) is 85.4 cm³/mol. The van der Waals surface area contributed by atoms with E-state index in [9.17, 15) is 9.50 Å². The zero-order valence-corrected chi connectivity index (χ0v) is 13.8. The van der Waals surface area contributed by atoms with Gasteiger partial charge in [0.05, 0.1) is 16.1 Å². The van der Waals surface area contributed by atoms with Crippen molar-refractivity contribution in [3.05, 3.63) is 62.8 Å². The van der Waals surface area contributed by atoms with Gasteiger partial charge in [0.2, 0.25) is 0 Å². The molecule has 112 valence electrons. The molecule has 0 fully saturated rings. The van der Waals surface area contributed by atoms with Crippen molar-refractivity contribution >= 4 is 27.5 Å². The molecular formula is C16H15BrClFO2. The Hall–Kier alpha value is -1.10. The molecule has 0 radical (unpaired) electrons. The molecule has 2 aromatic carbocycles.